The highest BCUT2D eigenvalue weighted by Gasteiger charge is 2.22. The van der Waals surface area contributed by atoms with Gasteiger partial charge in [-0.3, -0.25) is 4.79 Å². The van der Waals surface area contributed by atoms with Gasteiger partial charge in [0.2, 0.25) is 0 Å². The Morgan fingerprint density at radius 3 is 2.79 bits per heavy atom. The number of carbonyl (C=O) groups excluding carboxylic acids is 1. The molecule has 1 fully saturated rings. The summed E-state index contributed by atoms with van der Waals surface area (Å²) in [5.41, 5.74) is 0.414. The largest absolute Gasteiger partial charge is 0.493 e. The molecule has 128 valence electrons. The van der Waals surface area contributed by atoms with Crippen molar-refractivity contribution >= 4 is 5.91 Å². The molecular weight excluding hydrogens is 310 g/mol. The van der Waals surface area contributed by atoms with Crippen LogP contribution < -0.4 is 14.8 Å². The molecule has 0 atom stereocenters. The summed E-state index contributed by atoms with van der Waals surface area (Å²) in [5.74, 6) is 1.33. The summed E-state index contributed by atoms with van der Waals surface area (Å²) in [5, 5.41) is 14.7. The van der Waals surface area contributed by atoms with Gasteiger partial charge in [-0.15, -0.1) is 5.10 Å². The highest BCUT2D eigenvalue weighted by atomic mass is 16.5. The van der Waals surface area contributed by atoms with E-state index in [1.165, 1.54) is 27.1 Å². The summed E-state index contributed by atoms with van der Waals surface area (Å²) in [6.07, 6.45) is 4.54. The smallest absolute Gasteiger partial charge is 0.255 e. The summed E-state index contributed by atoms with van der Waals surface area (Å²) in [7, 11) is 3.05. The molecule has 1 saturated carbocycles. The van der Waals surface area contributed by atoms with Gasteiger partial charge in [0.1, 0.15) is 0 Å². The van der Waals surface area contributed by atoms with Crippen molar-refractivity contribution in [3.05, 3.63) is 29.6 Å². The van der Waals surface area contributed by atoms with E-state index in [1.807, 2.05) is 4.68 Å². The number of nitrogens with zero attached hydrogens (tertiary/aromatic N) is 4. The minimum Gasteiger partial charge on any atom is -0.493 e. The molecular formula is C16H21N5O3. The van der Waals surface area contributed by atoms with Crippen molar-refractivity contribution in [2.75, 3.05) is 14.2 Å². The summed E-state index contributed by atoms with van der Waals surface area (Å²) in [6, 6.07) is 5.52. The lowest BCUT2D eigenvalue weighted by Gasteiger charge is -2.14. The molecule has 3 rings (SSSR count). The van der Waals surface area contributed by atoms with Gasteiger partial charge in [-0.2, -0.15) is 0 Å². The van der Waals surface area contributed by atoms with Gasteiger partial charge in [0.05, 0.1) is 32.4 Å². The molecule has 1 aromatic heterocycles. The minimum atomic E-state index is -0.258. The van der Waals surface area contributed by atoms with Crippen LogP contribution in [0.5, 0.6) is 11.5 Å². The number of nitrogens with one attached hydrogen (secondary N) is 1. The van der Waals surface area contributed by atoms with Gasteiger partial charge in [-0.05, 0) is 35.4 Å². The van der Waals surface area contributed by atoms with Crippen LogP contribution in [-0.2, 0) is 6.54 Å². The Kier molecular flexibility index (Phi) is 4.93. The summed E-state index contributed by atoms with van der Waals surface area (Å²) in [6.45, 7) is 0.267. The van der Waals surface area contributed by atoms with Gasteiger partial charge in [-0.25, -0.2) is 4.68 Å². The van der Waals surface area contributed by atoms with Gasteiger partial charge in [0.15, 0.2) is 17.3 Å². The first-order valence-electron chi connectivity index (χ1n) is 8.00. The van der Waals surface area contributed by atoms with Crippen LogP contribution in [0.15, 0.2) is 18.2 Å². The molecule has 1 aliphatic carbocycles. The van der Waals surface area contributed by atoms with Crippen LogP contribution in [0.3, 0.4) is 0 Å². The fourth-order valence-electron chi connectivity index (χ4n) is 3.08. The first-order valence-corrected chi connectivity index (χ1v) is 8.00. The second-order valence-electron chi connectivity index (χ2n) is 5.70. The summed E-state index contributed by atoms with van der Waals surface area (Å²) >= 11 is 0. The van der Waals surface area contributed by atoms with Crippen LogP contribution in [0.4, 0.5) is 0 Å². The first-order chi connectivity index (χ1) is 11.7. The molecule has 0 aliphatic heterocycles. The van der Waals surface area contributed by atoms with Crippen molar-refractivity contribution < 1.29 is 14.3 Å². The number of ether oxygens (including phenoxy) is 2. The fraction of sp³-hybridized carbons (Fsp3) is 0.500. The van der Waals surface area contributed by atoms with Gasteiger partial charge in [-0.1, -0.05) is 18.9 Å². The fourth-order valence-corrected chi connectivity index (χ4v) is 3.08. The third kappa shape index (κ3) is 3.17. The Morgan fingerprint density at radius 1 is 1.29 bits per heavy atom. The quantitative estimate of drug-likeness (QED) is 0.867. The number of hydrogen-bond acceptors (Lipinski definition) is 6. The number of carbonyl (C=O) groups is 1. The standard InChI is InChI=1S/C16H21N5O3/c1-23-13-9-5-8-12(15(13)24-2)16(22)17-10-14-18-19-20-21(14)11-6-3-4-7-11/h5,8-9,11H,3-4,6-7,10H2,1-2H3,(H,17,22). The number of methoxy groups -OCH3 is 2. The van der Waals surface area contributed by atoms with E-state index in [2.05, 4.69) is 20.8 Å². The topological polar surface area (TPSA) is 91.2 Å². The molecule has 0 saturated heterocycles. The molecule has 1 aliphatic rings. The number of aromatic nitrogens is 4. The molecule has 24 heavy (non-hydrogen) atoms. The van der Waals surface area contributed by atoms with E-state index in [-0.39, 0.29) is 12.5 Å². The van der Waals surface area contributed by atoms with E-state index in [1.54, 1.807) is 18.2 Å². The molecule has 8 nitrogen and oxygen atoms in total. The molecule has 0 radical (unpaired) electrons. The monoisotopic (exact) mass is 331 g/mol. The van der Waals surface area contributed by atoms with Crippen LogP contribution in [0.25, 0.3) is 0 Å². The number of hydrogen-bond donors (Lipinski definition) is 1. The maximum Gasteiger partial charge on any atom is 0.255 e. The molecule has 0 bridgehead atoms. The highest BCUT2D eigenvalue weighted by molar-refractivity contribution is 5.97. The van der Waals surface area contributed by atoms with Gasteiger partial charge in [0.25, 0.3) is 5.91 Å². The van der Waals surface area contributed by atoms with Crippen molar-refractivity contribution in [2.45, 2.75) is 38.3 Å². The summed E-state index contributed by atoms with van der Waals surface area (Å²) in [4.78, 5) is 12.5. The van der Waals surface area contributed by atoms with E-state index < -0.39 is 0 Å². The molecule has 1 N–H and O–H groups in total. The van der Waals surface area contributed by atoms with Crippen LogP contribution in [0.2, 0.25) is 0 Å². The average molecular weight is 331 g/mol. The molecule has 2 aromatic rings. The minimum absolute atomic E-state index is 0.258. The highest BCUT2D eigenvalue weighted by Crippen LogP contribution is 2.31. The normalized spacial score (nSPS) is 14.6. The van der Waals surface area contributed by atoms with E-state index in [0.29, 0.717) is 28.9 Å². The molecule has 1 heterocycles. The van der Waals surface area contributed by atoms with E-state index in [0.717, 1.165) is 12.8 Å². The van der Waals surface area contributed by atoms with Crippen LogP contribution in [0, 0.1) is 0 Å². The van der Waals surface area contributed by atoms with E-state index in [4.69, 9.17) is 9.47 Å². The molecule has 1 aromatic carbocycles. The maximum absolute atomic E-state index is 12.5. The lowest BCUT2D eigenvalue weighted by molar-refractivity contribution is 0.0945. The lowest BCUT2D eigenvalue weighted by atomic mass is 10.1. The Labute approximate surface area is 140 Å². The summed E-state index contributed by atoms with van der Waals surface area (Å²) < 4.78 is 12.4. The van der Waals surface area contributed by atoms with Crippen molar-refractivity contribution in [3.8, 4) is 11.5 Å². The Hall–Kier alpha value is -2.64. The lowest BCUT2D eigenvalue weighted by Crippen LogP contribution is -2.26. The number of para-hydroxylation sites is 1. The second kappa shape index (κ2) is 7.29. The number of tetrazole rings is 1. The zero-order valence-corrected chi connectivity index (χ0v) is 13.9. The predicted molar refractivity (Wildman–Crippen MR) is 86.0 cm³/mol. The number of amides is 1. The van der Waals surface area contributed by atoms with Gasteiger partial charge < -0.3 is 14.8 Å². The zero-order chi connectivity index (χ0) is 16.9. The van der Waals surface area contributed by atoms with Gasteiger partial charge >= 0.3 is 0 Å². The van der Waals surface area contributed by atoms with E-state index in [9.17, 15) is 4.79 Å². The van der Waals surface area contributed by atoms with Crippen LogP contribution >= 0.6 is 0 Å². The third-order valence-corrected chi connectivity index (χ3v) is 4.29. The van der Waals surface area contributed by atoms with Crippen molar-refractivity contribution in [1.29, 1.82) is 0 Å². The number of rotatable bonds is 6. The SMILES string of the molecule is COc1cccc(C(=O)NCc2nnnn2C2CCCC2)c1OC. The Morgan fingerprint density at radius 2 is 2.08 bits per heavy atom. The molecule has 1 amide bonds. The van der Waals surface area contributed by atoms with Crippen molar-refractivity contribution in [2.24, 2.45) is 0 Å². The molecule has 0 unspecified atom stereocenters. The predicted octanol–water partition coefficient (Wildman–Crippen LogP) is 1.74. The maximum atomic E-state index is 12.5. The van der Waals surface area contributed by atoms with Gasteiger partial charge in [0, 0.05) is 0 Å². The average Bonchev–Trinajstić information content (AvgIpc) is 3.29. The number of benzene rings is 1. The zero-order valence-electron chi connectivity index (χ0n) is 13.9. The second-order valence-corrected chi connectivity index (χ2v) is 5.70. The van der Waals surface area contributed by atoms with Crippen molar-refractivity contribution in [3.63, 3.8) is 0 Å². The third-order valence-electron chi connectivity index (χ3n) is 4.29. The molecule has 0 spiro atoms. The Balaban J connectivity index is 1.72. The Bertz CT molecular complexity index is 709. The van der Waals surface area contributed by atoms with E-state index >= 15 is 0 Å². The first kappa shape index (κ1) is 16.2. The van der Waals surface area contributed by atoms with Crippen LogP contribution in [0.1, 0.15) is 47.9 Å². The molecule has 8 heteroatoms. The van der Waals surface area contributed by atoms with Crippen molar-refractivity contribution in [1.82, 2.24) is 25.5 Å². The van der Waals surface area contributed by atoms with Crippen LogP contribution in [-0.4, -0.2) is 40.3 Å².